The van der Waals surface area contributed by atoms with E-state index in [2.05, 4.69) is 11.0 Å². The second-order valence-electron chi connectivity index (χ2n) is 20.8. The Kier molecular flexibility index (Phi) is 13.4. The average molecular weight is 894 g/mol. The van der Waals surface area contributed by atoms with Gasteiger partial charge >= 0.3 is 18.2 Å². The Morgan fingerprint density at radius 3 is 2.35 bits per heavy atom. The number of halogens is 1. The van der Waals surface area contributed by atoms with E-state index in [0.29, 0.717) is 46.1 Å². The molecule has 3 saturated heterocycles. The van der Waals surface area contributed by atoms with Crippen molar-refractivity contribution in [1.29, 1.82) is 5.26 Å². The standard InChI is InChI=1S/C51H64FN5O8/c1-49(2,3)46(59)63-34-24-30-16-11-12-19-35(30)37(27-34)40-31(17-13-21-53)25-38-42(41(40)52)54-45(62-29-33-18-14-22-55(33)10)36(20-15-23-58)44(38)57(48(61)65-51(7,8)9)43-32-26-39(43)56(28-32)47(60)64-50(4,5)6/h11-12,16,19,24-25,27,32-33,39,43,58H,13-15,17-18,20,22-23,26,28-29H2,1-10H3/t32?,33-,39?,43?/m0/s1. The summed E-state index contributed by atoms with van der Waals surface area (Å²) in [6.07, 6.45) is 1.98. The van der Waals surface area contributed by atoms with Crippen molar-refractivity contribution in [3.05, 3.63) is 59.4 Å². The highest BCUT2D eigenvalue weighted by atomic mass is 19.1. The van der Waals surface area contributed by atoms with Crippen LogP contribution in [0.5, 0.6) is 11.6 Å². The summed E-state index contributed by atoms with van der Waals surface area (Å²) in [7, 11) is 2.03. The van der Waals surface area contributed by atoms with E-state index in [0.717, 1.165) is 19.4 Å². The Bertz CT molecular complexity index is 2520. The van der Waals surface area contributed by atoms with E-state index < -0.39 is 52.7 Å². The third-order valence-electron chi connectivity index (χ3n) is 12.4. The highest BCUT2D eigenvalue weighted by Crippen LogP contribution is 2.51. The summed E-state index contributed by atoms with van der Waals surface area (Å²) < 4.78 is 43.1. The van der Waals surface area contributed by atoms with Crippen molar-refractivity contribution in [2.45, 2.75) is 137 Å². The summed E-state index contributed by atoms with van der Waals surface area (Å²) in [5, 5.41) is 22.0. The normalized spacial score (nSPS) is 19.8. The van der Waals surface area contributed by atoms with Crippen LogP contribution in [0, 0.1) is 28.5 Å². The second-order valence-corrected chi connectivity index (χ2v) is 20.8. The summed E-state index contributed by atoms with van der Waals surface area (Å²) in [5.41, 5.74) is -0.710. The van der Waals surface area contributed by atoms with E-state index in [-0.39, 0.29) is 79.0 Å². The topological polar surface area (TPSA) is 155 Å². The lowest BCUT2D eigenvalue weighted by atomic mass is 9.78. The summed E-state index contributed by atoms with van der Waals surface area (Å²) in [6, 6.07) is 13.9. The Hall–Kier alpha value is -5.52. The molecule has 3 aliphatic heterocycles. The first-order valence-electron chi connectivity index (χ1n) is 22.9. The minimum Gasteiger partial charge on any atom is -0.476 e. The molecule has 14 heteroatoms. The number of aryl methyl sites for hydroxylation is 1. The lowest BCUT2D eigenvalue weighted by molar-refractivity contribution is -0.143. The van der Waals surface area contributed by atoms with E-state index in [9.17, 15) is 20.0 Å². The minimum absolute atomic E-state index is 0.0399. The molecule has 65 heavy (non-hydrogen) atoms. The number of esters is 1. The molecule has 4 heterocycles. The van der Waals surface area contributed by atoms with Gasteiger partial charge in [0.2, 0.25) is 5.88 Å². The van der Waals surface area contributed by atoms with Gasteiger partial charge in [-0.1, -0.05) is 24.3 Å². The molecule has 348 valence electrons. The molecule has 0 spiro atoms. The fourth-order valence-corrected chi connectivity index (χ4v) is 9.32. The van der Waals surface area contributed by atoms with E-state index in [1.807, 2.05) is 31.3 Å². The number of rotatable bonds is 12. The molecule has 4 aromatic rings. The molecule has 13 nitrogen and oxygen atoms in total. The second kappa shape index (κ2) is 18.4. The molecule has 4 aliphatic rings. The van der Waals surface area contributed by atoms with Crippen LogP contribution in [-0.4, -0.2) is 101 Å². The van der Waals surface area contributed by atoms with Crippen LogP contribution in [0.1, 0.15) is 106 Å². The predicted molar refractivity (Wildman–Crippen MR) is 248 cm³/mol. The van der Waals surface area contributed by atoms with Crippen molar-refractivity contribution in [2.75, 3.05) is 38.3 Å². The number of aliphatic hydroxyl groups excluding tert-OH is 1. The van der Waals surface area contributed by atoms with Gasteiger partial charge < -0.3 is 33.9 Å². The Morgan fingerprint density at radius 1 is 0.985 bits per heavy atom. The van der Waals surface area contributed by atoms with E-state index in [4.69, 9.17) is 23.9 Å². The number of ether oxygens (including phenoxy) is 4. The third-order valence-corrected chi connectivity index (χ3v) is 12.4. The van der Waals surface area contributed by atoms with Crippen molar-refractivity contribution < 1.29 is 42.8 Å². The van der Waals surface area contributed by atoms with Crippen LogP contribution in [0.3, 0.4) is 0 Å². The minimum atomic E-state index is -0.942. The van der Waals surface area contributed by atoms with Crippen LogP contribution < -0.4 is 14.4 Å². The summed E-state index contributed by atoms with van der Waals surface area (Å²) in [6.45, 7) is 17.3. The van der Waals surface area contributed by atoms with Crippen molar-refractivity contribution in [1.82, 2.24) is 14.8 Å². The van der Waals surface area contributed by atoms with Crippen LogP contribution >= 0.6 is 0 Å². The van der Waals surface area contributed by atoms with Gasteiger partial charge in [-0.05, 0) is 155 Å². The monoisotopic (exact) mass is 893 g/mol. The molecule has 0 radical (unpaired) electrons. The molecular weight excluding hydrogens is 830 g/mol. The largest absolute Gasteiger partial charge is 0.476 e. The van der Waals surface area contributed by atoms with Crippen LogP contribution in [0.2, 0.25) is 0 Å². The maximum Gasteiger partial charge on any atom is 0.415 e. The lowest BCUT2D eigenvalue weighted by Crippen LogP contribution is -2.59. The third kappa shape index (κ3) is 10.0. The molecule has 1 aromatic heterocycles. The number of amides is 2. The maximum atomic E-state index is 18.5. The lowest BCUT2D eigenvalue weighted by Gasteiger charge is -2.45. The number of likely N-dealkylation sites (tertiary alicyclic amines) is 1. The van der Waals surface area contributed by atoms with Gasteiger partial charge in [0, 0.05) is 48.0 Å². The summed E-state index contributed by atoms with van der Waals surface area (Å²) >= 11 is 0. The molecule has 3 unspecified atom stereocenters. The Morgan fingerprint density at radius 2 is 1.71 bits per heavy atom. The fourth-order valence-electron chi connectivity index (χ4n) is 9.32. The fraction of sp³-hybridized carbons (Fsp3) is 0.549. The first-order chi connectivity index (χ1) is 30.6. The summed E-state index contributed by atoms with van der Waals surface area (Å²) in [5.74, 6) is -0.992. The molecule has 1 aliphatic carbocycles. The zero-order valence-electron chi connectivity index (χ0n) is 39.5. The van der Waals surface area contributed by atoms with Gasteiger partial charge in [0.25, 0.3) is 0 Å². The number of carbonyl (C=O) groups is 3. The number of likely N-dealkylation sites (N-methyl/N-ethyl adjacent to an activating group) is 1. The zero-order valence-corrected chi connectivity index (χ0v) is 39.5. The molecule has 1 N–H and O–H groups in total. The highest BCUT2D eigenvalue weighted by molar-refractivity contribution is 6.07. The van der Waals surface area contributed by atoms with E-state index >= 15 is 9.18 Å². The smallest absolute Gasteiger partial charge is 0.415 e. The van der Waals surface area contributed by atoms with Crippen molar-refractivity contribution >= 4 is 45.5 Å². The van der Waals surface area contributed by atoms with Crippen LogP contribution in [0.25, 0.3) is 32.8 Å². The molecule has 1 saturated carbocycles. The number of pyridine rings is 1. The Labute approximate surface area is 381 Å². The number of aliphatic hydroxyl groups is 1. The van der Waals surface area contributed by atoms with Crippen LogP contribution in [-0.2, 0) is 27.1 Å². The van der Waals surface area contributed by atoms with Crippen LogP contribution in [0.15, 0.2) is 42.5 Å². The van der Waals surface area contributed by atoms with Crippen molar-refractivity contribution in [3.8, 4) is 28.8 Å². The molecule has 3 aromatic carbocycles. The van der Waals surface area contributed by atoms with Crippen molar-refractivity contribution in [3.63, 3.8) is 0 Å². The van der Waals surface area contributed by atoms with Gasteiger partial charge in [-0.25, -0.2) is 19.0 Å². The first kappa shape index (κ1) is 47.4. The molecule has 2 bridgehead atoms. The average Bonchev–Trinajstić information content (AvgIpc) is 3.94. The van der Waals surface area contributed by atoms with Gasteiger partial charge in [-0.3, -0.25) is 9.69 Å². The molecule has 2 amide bonds. The van der Waals surface area contributed by atoms with Crippen molar-refractivity contribution in [2.24, 2.45) is 11.3 Å². The highest BCUT2D eigenvalue weighted by Gasteiger charge is 2.59. The SMILES string of the molecule is CN1CCC[C@H]1COc1nc2c(F)c(-c3cc(OC(=O)C(C)(C)C)cc4ccccc34)c(CCC#N)cc2c(N(C(=O)OC(C)(C)C)C2C3CC2N(C(=O)OC(C)(C)C)C3)c1CCCO. The van der Waals surface area contributed by atoms with Gasteiger partial charge in [-0.2, -0.15) is 5.26 Å². The molecular formula is C51H64FN5O8. The molecule has 4 atom stereocenters. The van der Waals surface area contributed by atoms with E-state index in [1.54, 1.807) is 90.3 Å². The number of carbonyl (C=O) groups excluding carboxylic acids is 3. The molecule has 4 fully saturated rings. The Balaban J connectivity index is 1.53. The van der Waals surface area contributed by atoms with Gasteiger partial charge in [0.1, 0.15) is 29.1 Å². The number of nitriles is 1. The molecule has 8 rings (SSSR count). The first-order valence-corrected chi connectivity index (χ1v) is 22.9. The summed E-state index contributed by atoms with van der Waals surface area (Å²) in [4.78, 5) is 52.5. The quantitative estimate of drug-likeness (QED) is 0.107. The maximum absolute atomic E-state index is 18.5. The number of anilines is 1. The van der Waals surface area contributed by atoms with Gasteiger partial charge in [0.05, 0.1) is 29.3 Å². The van der Waals surface area contributed by atoms with Gasteiger partial charge in [-0.15, -0.1) is 0 Å². The van der Waals surface area contributed by atoms with E-state index in [1.165, 1.54) is 0 Å². The number of hydrogen-bond acceptors (Lipinski definition) is 11. The predicted octanol–water partition coefficient (Wildman–Crippen LogP) is 9.75. The number of aromatic nitrogens is 1. The zero-order chi connectivity index (χ0) is 47.2. The number of benzene rings is 3. The number of hydrogen-bond donors (Lipinski definition) is 1. The van der Waals surface area contributed by atoms with Crippen LogP contribution in [0.4, 0.5) is 19.7 Å². The van der Waals surface area contributed by atoms with Gasteiger partial charge in [0.15, 0.2) is 5.82 Å². The number of fused-ring (bicyclic) bond motifs is 3. The number of nitrogens with zero attached hydrogens (tertiary/aromatic N) is 5.